The SMILES string of the molecule is C=C/C=c1/c(/C=C\C)c(C=C)o/c1=C/C.CC.CC. The van der Waals surface area contributed by atoms with Crippen molar-refractivity contribution in [3.8, 4) is 0 Å². The maximum absolute atomic E-state index is 5.65. The molecule has 0 spiro atoms. The average molecular weight is 260 g/mol. The molecule has 1 rings (SSSR count). The minimum atomic E-state index is 0.800. The third kappa shape index (κ3) is 5.60. The van der Waals surface area contributed by atoms with Crippen LogP contribution in [-0.4, -0.2) is 0 Å². The van der Waals surface area contributed by atoms with Crippen LogP contribution in [0.1, 0.15) is 52.9 Å². The molecule has 1 aromatic rings. The predicted octanol–water partition coefficient (Wildman–Crippen LogP) is 4.78. The van der Waals surface area contributed by atoms with E-state index in [1.807, 2.05) is 65.8 Å². The highest BCUT2D eigenvalue weighted by atomic mass is 16.3. The van der Waals surface area contributed by atoms with Crippen LogP contribution in [0.4, 0.5) is 0 Å². The van der Waals surface area contributed by atoms with E-state index < -0.39 is 0 Å². The van der Waals surface area contributed by atoms with E-state index in [-0.39, 0.29) is 0 Å². The molecule has 19 heavy (non-hydrogen) atoms. The molecule has 0 aliphatic heterocycles. The van der Waals surface area contributed by atoms with Gasteiger partial charge < -0.3 is 4.42 Å². The van der Waals surface area contributed by atoms with Crippen molar-refractivity contribution in [1.29, 1.82) is 0 Å². The maximum atomic E-state index is 5.65. The second-order valence-electron chi connectivity index (χ2n) is 3.05. The summed E-state index contributed by atoms with van der Waals surface area (Å²) >= 11 is 0. The van der Waals surface area contributed by atoms with Crippen molar-refractivity contribution in [3.05, 3.63) is 47.3 Å². The summed E-state index contributed by atoms with van der Waals surface area (Å²) in [5.41, 5.74) is 1.92. The number of hydrogen-bond acceptors (Lipinski definition) is 1. The third-order valence-electron chi connectivity index (χ3n) is 2.11. The number of furan rings is 1. The highest BCUT2D eigenvalue weighted by Gasteiger charge is 2.04. The molecule has 0 fully saturated rings. The zero-order valence-electron chi connectivity index (χ0n) is 13.3. The first-order valence-electron chi connectivity index (χ1n) is 6.95. The van der Waals surface area contributed by atoms with Gasteiger partial charge in [0.2, 0.25) is 0 Å². The number of rotatable bonds is 3. The normalized spacial score (nSPS) is 11.5. The van der Waals surface area contributed by atoms with Crippen molar-refractivity contribution in [3.63, 3.8) is 0 Å². The first-order valence-corrected chi connectivity index (χ1v) is 6.95. The van der Waals surface area contributed by atoms with Gasteiger partial charge in [0.05, 0.1) is 0 Å². The Balaban J connectivity index is 0. The van der Waals surface area contributed by atoms with Crippen LogP contribution in [0.3, 0.4) is 0 Å². The minimum Gasteiger partial charge on any atom is -0.456 e. The van der Waals surface area contributed by atoms with Crippen LogP contribution in [0.2, 0.25) is 0 Å². The fourth-order valence-electron chi connectivity index (χ4n) is 1.49. The van der Waals surface area contributed by atoms with Gasteiger partial charge in [-0.15, -0.1) is 0 Å². The first-order chi connectivity index (χ1) is 9.28. The van der Waals surface area contributed by atoms with Gasteiger partial charge in [0.1, 0.15) is 11.2 Å². The Morgan fingerprint density at radius 2 is 1.58 bits per heavy atom. The maximum Gasteiger partial charge on any atom is 0.134 e. The molecule has 0 aliphatic rings. The Kier molecular flexibility index (Phi) is 13.1. The van der Waals surface area contributed by atoms with Crippen molar-refractivity contribution >= 4 is 24.3 Å². The molecular formula is C18H28O. The Hall–Kier alpha value is -1.76. The molecule has 0 aliphatic carbocycles. The summed E-state index contributed by atoms with van der Waals surface area (Å²) in [6.07, 6.45) is 11.4. The van der Waals surface area contributed by atoms with Crippen LogP contribution in [-0.2, 0) is 0 Å². The largest absolute Gasteiger partial charge is 0.456 e. The molecule has 0 aromatic carbocycles. The summed E-state index contributed by atoms with van der Waals surface area (Å²) in [6.45, 7) is 19.4. The molecule has 0 saturated carbocycles. The van der Waals surface area contributed by atoms with E-state index in [2.05, 4.69) is 13.2 Å². The first kappa shape index (κ1) is 19.6. The van der Waals surface area contributed by atoms with E-state index in [9.17, 15) is 0 Å². The summed E-state index contributed by atoms with van der Waals surface area (Å²) in [7, 11) is 0. The van der Waals surface area contributed by atoms with Crippen molar-refractivity contribution in [2.75, 3.05) is 0 Å². The monoisotopic (exact) mass is 260 g/mol. The summed E-state index contributed by atoms with van der Waals surface area (Å²) in [5, 5.41) is 1.06. The van der Waals surface area contributed by atoms with Gasteiger partial charge in [0.15, 0.2) is 0 Å². The zero-order chi connectivity index (χ0) is 15.3. The number of allylic oxidation sites excluding steroid dienone is 2. The predicted molar refractivity (Wildman–Crippen MR) is 90.3 cm³/mol. The van der Waals surface area contributed by atoms with Crippen LogP contribution < -0.4 is 10.6 Å². The van der Waals surface area contributed by atoms with Crippen LogP contribution in [0.5, 0.6) is 0 Å². The van der Waals surface area contributed by atoms with Gasteiger partial charge in [-0.05, 0) is 26.0 Å². The van der Waals surface area contributed by atoms with Crippen LogP contribution in [0.25, 0.3) is 24.3 Å². The molecule has 1 nitrogen and oxygen atoms in total. The Morgan fingerprint density at radius 3 is 1.95 bits per heavy atom. The summed E-state index contributed by atoms with van der Waals surface area (Å²) in [4.78, 5) is 0. The van der Waals surface area contributed by atoms with Gasteiger partial charge in [0, 0.05) is 10.8 Å². The molecule has 106 valence electrons. The molecule has 0 N–H and O–H groups in total. The lowest BCUT2D eigenvalue weighted by Gasteiger charge is -1.87. The third-order valence-corrected chi connectivity index (χ3v) is 2.11. The molecule has 0 radical (unpaired) electrons. The molecule has 0 bridgehead atoms. The lowest BCUT2D eigenvalue weighted by molar-refractivity contribution is 0.521. The Morgan fingerprint density at radius 1 is 1.00 bits per heavy atom. The molecule has 1 heterocycles. The van der Waals surface area contributed by atoms with Gasteiger partial charge in [0.25, 0.3) is 0 Å². The fraction of sp³-hybridized carbons (Fsp3) is 0.333. The summed E-state index contributed by atoms with van der Waals surface area (Å²) in [6, 6.07) is 0. The quantitative estimate of drug-likeness (QED) is 0.762. The molecule has 1 aromatic heterocycles. The molecule has 0 unspecified atom stereocenters. The molecule has 1 heteroatoms. The van der Waals surface area contributed by atoms with Crippen LogP contribution in [0.15, 0.2) is 29.7 Å². The van der Waals surface area contributed by atoms with Gasteiger partial charge in [-0.25, -0.2) is 0 Å². The lowest BCUT2D eigenvalue weighted by Crippen LogP contribution is -2.20. The lowest BCUT2D eigenvalue weighted by atomic mass is 10.1. The molecule has 0 amide bonds. The van der Waals surface area contributed by atoms with Gasteiger partial charge in [-0.3, -0.25) is 0 Å². The highest BCUT2D eigenvalue weighted by Crippen LogP contribution is 2.06. The Labute approximate surface area is 118 Å². The number of hydrogen-bond donors (Lipinski definition) is 0. The topological polar surface area (TPSA) is 13.1 Å². The summed E-state index contributed by atoms with van der Waals surface area (Å²) in [5.74, 6) is 0.800. The smallest absolute Gasteiger partial charge is 0.134 e. The summed E-state index contributed by atoms with van der Waals surface area (Å²) < 4.78 is 5.65. The van der Waals surface area contributed by atoms with Crippen molar-refractivity contribution in [1.82, 2.24) is 0 Å². The van der Waals surface area contributed by atoms with Crippen molar-refractivity contribution < 1.29 is 4.42 Å². The highest BCUT2D eigenvalue weighted by molar-refractivity contribution is 5.63. The fourth-order valence-corrected chi connectivity index (χ4v) is 1.49. The van der Waals surface area contributed by atoms with E-state index in [4.69, 9.17) is 4.42 Å². The molecule has 0 atom stereocenters. The minimum absolute atomic E-state index is 0.800. The van der Waals surface area contributed by atoms with Crippen LogP contribution in [0, 0.1) is 0 Å². The second-order valence-corrected chi connectivity index (χ2v) is 3.05. The molecular weight excluding hydrogens is 232 g/mol. The average Bonchev–Trinajstić information content (AvgIpc) is 2.82. The van der Waals surface area contributed by atoms with Crippen molar-refractivity contribution in [2.45, 2.75) is 41.5 Å². The second kappa shape index (κ2) is 12.7. The van der Waals surface area contributed by atoms with E-state index in [0.717, 1.165) is 22.0 Å². The standard InChI is InChI=1S/C14H16O.2C2H6/c1-5-9-11-12(10-6-2)14(8-4)15-13(11)7-3;2*1-2/h5-10H,1,4H2,2-3H3;2*1-2H3/b10-6-,11-9-,13-7+;;. The van der Waals surface area contributed by atoms with Crippen LogP contribution >= 0.6 is 0 Å². The van der Waals surface area contributed by atoms with E-state index in [0.29, 0.717) is 0 Å². The zero-order valence-corrected chi connectivity index (χ0v) is 13.3. The van der Waals surface area contributed by atoms with Crippen molar-refractivity contribution in [2.24, 2.45) is 0 Å². The van der Waals surface area contributed by atoms with E-state index in [1.165, 1.54) is 0 Å². The van der Waals surface area contributed by atoms with Gasteiger partial charge in [-0.1, -0.05) is 65.2 Å². The van der Waals surface area contributed by atoms with Gasteiger partial charge >= 0.3 is 0 Å². The molecule has 0 saturated heterocycles. The van der Waals surface area contributed by atoms with E-state index in [1.54, 1.807) is 12.2 Å². The Bertz CT molecular complexity index is 499. The van der Waals surface area contributed by atoms with E-state index >= 15 is 0 Å². The van der Waals surface area contributed by atoms with Gasteiger partial charge in [-0.2, -0.15) is 0 Å².